The monoisotopic (exact) mass is 401 g/mol. The van der Waals surface area contributed by atoms with Crippen molar-refractivity contribution in [3.05, 3.63) is 28.2 Å². The summed E-state index contributed by atoms with van der Waals surface area (Å²) in [6, 6.07) is 4.90. The van der Waals surface area contributed by atoms with E-state index in [1.165, 1.54) is 0 Å². The zero-order chi connectivity index (χ0) is 19.1. The summed E-state index contributed by atoms with van der Waals surface area (Å²) >= 11 is 11.9. The van der Waals surface area contributed by atoms with E-state index in [4.69, 9.17) is 27.9 Å². The van der Waals surface area contributed by atoms with Gasteiger partial charge >= 0.3 is 0 Å². The molecular weight excluding hydrogens is 377 g/mol. The van der Waals surface area contributed by atoms with Gasteiger partial charge in [0.05, 0.1) is 36.5 Å². The standard InChI is InChI=1S/C18H25Cl2N3O3/c1-3-6-22(12-18(25)23-7-8-26-13(2)10-23)11-17(24)21-16-5-4-14(19)9-15(16)20/h4-5,9,13H,3,6-8,10-12H2,1-2H3,(H,21,24). The molecule has 0 saturated carbocycles. The lowest BCUT2D eigenvalue weighted by Gasteiger charge is -2.33. The molecule has 1 atom stereocenters. The molecule has 0 radical (unpaired) electrons. The highest BCUT2D eigenvalue weighted by molar-refractivity contribution is 6.36. The van der Waals surface area contributed by atoms with Gasteiger partial charge in [0.15, 0.2) is 0 Å². The topological polar surface area (TPSA) is 61.9 Å². The van der Waals surface area contributed by atoms with Crippen molar-refractivity contribution in [1.29, 1.82) is 0 Å². The van der Waals surface area contributed by atoms with E-state index in [0.29, 0.717) is 42.0 Å². The Bertz CT molecular complexity index is 642. The van der Waals surface area contributed by atoms with Crippen molar-refractivity contribution in [2.24, 2.45) is 0 Å². The van der Waals surface area contributed by atoms with E-state index in [0.717, 1.165) is 6.42 Å². The van der Waals surface area contributed by atoms with Crippen LogP contribution in [0.25, 0.3) is 0 Å². The summed E-state index contributed by atoms with van der Waals surface area (Å²) in [4.78, 5) is 28.5. The van der Waals surface area contributed by atoms with Gasteiger partial charge in [-0.2, -0.15) is 0 Å². The fourth-order valence-electron chi connectivity index (χ4n) is 2.85. The predicted molar refractivity (Wildman–Crippen MR) is 104 cm³/mol. The summed E-state index contributed by atoms with van der Waals surface area (Å²) in [6.07, 6.45) is 0.893. The summed E-state index contributed by atoms with van der Waals surface area (Å²) in [5, 5.41) is 3.66. The van der Waals surface area contributed by atoms with E-state index in [-0.39, 0.29) is 31.0 Å². The van der Waals surface area contributed by atoms with Gasteiger partial charge in [-0.1, -0.05) is 30.1 Å². The van der Waals surface area contributed by atoms with E-state index in [2.05, 4.69) is 5.32 Å². The molecule has 2 amide bonds. The number of hydrogen-bond acceptors (Lipinski definition) is 4. The molecule has 0 bridgehead atoms. The van der Waals surface area contributed by atoms with Crippen molar-refractivity contribution in [3.63, 3.8) is 0 Å². The second kappa shape index (κ2) is 10.1. The summed E-state index contributed by atoms with van der Waals surface area (Å²) in [6.45, 7) is 6.69. The van der Waals surface area contributed by atoms with Crippen molar-refractivity contribution in [2.75, 3.05) is 44.6 Å². The van der Waals surface area contributed by atoms with Crippen molar-refractivity contribution in [3.8, 4) is 0 Å². The summed E-state index contributed by atoms with van der Waals surface area (Å²) in [5.41, 5.74) is 0.505. The Labute approximate surface area is 164 Å². The second-order valence-electron chi connectivity index (χ2n) is 6.40. The molecule has 2 rings (SSSR count). The first-order chi connectivity index (χ1) is 12.4. The van der Waals surface area contributed by atoms with Crippen LogP contribution in [0.1, 0.15) is 20.3 Å². The number of carbonyl (C=O) groups is 2. The van der Waals surface area contributed by atoms with Crippen molar-refractivity contribution in [1.82, 2.24) is 9.80 Å². The Hall–Kier alpha value is -1.34. The number of amides is 2. The minimum Gasteiger partial charge on any atom is -0.375 e. The van der Waals surface area contributed by atoms with E-state index >= 15 is 0 Å². The van der Waals surface area contributed by atoms with Crippen LogP contribution in [0.3, 0.4) is 0 Å². The highest BCUT2D eigenvalue weighted by atomic mass is 35.5. The maximum Gasteiger partial charge on any atom is 0.238 e. The normalized spacial score (nSPS) is 17.4. The van der Waals surface area contributed by atoms with Crippen LogP contribution in [0.5, 0.6) is 0 Å². The predicted octanol–water partition coefficient (Wildman–Crippen LogP) is 2.89. The number of rotatable bonds is 7. The maximum atomic E-state index is 12.5. The Morgan fingerprint density at radius 1 is 1.35 bits per heavy atom. The van der Waals surface area contributed by atoms with Crippen LogP contribution in [0.15, 0.2) is 18.2 Å². The van der Waals surface area contributed by atoms with Crippen molar-refractivity contribution in [2.45, 2.75) is 26.4 Å². The van der Waals surface area contributed by atoms with Gasteiger partial charge in [-0.05, 0) is 38.1 Å². The molecule has 6 nitrogen and oxygen atoms in total. The minimum absolute atomic E-state index is 0.0194. The minimum atomic E-state index is -0.217. The van der Waals surface area contributed by atoms with Gasteiger partial charge in [0.1, 0.15) is 0 Å². The molecule has 1 heterocycles. The van der Waals surface area contributed by atoms with Crippen LogP contribution >= 0.6 is 23.2 Å². The van der Waals surface area contributed by atoms with Gasteiger partial charge in [0.25, 0.3) is 0 Å². The molecule has 0 spiro atoms. The third-order valence-electron chi connectivity index (χ3n) is 4.06. The van der Waals surface area contributed by atoms with E-state index in [9.17, 15) is 9.59 Å². The molecule has 1 saturated heterocycles. The average molecular weight is 402 g/mol. The van der Waals surface area contributed by atoms with E-state index in [1.807, 2.05) is 18.7 Å². The second-order valence-corrected chi connectivity index (χ2v) is 7.25. The molecular formula is C18H25Cl2N3O3. The smallest absolute Gasteiger partial charge is 0.238 e. The van der Waals surface area contributed by atoms with Crippen LogP contribution in [0, 0.1) is 0 Å². The zero-order valence-corrected chi connectivity index (χ0v) is 16.6. The third kappa shape index (κ3) is 6.43. The molecule has 26 heavy (non-hydrogen) atoms. The van der Waals surface area contributed by atoms with Crippen molar-refractivity contribution >= 4 is 40.7 Å². The molecule has 0 aromatic heterocycles. The molecule has 1 aliphatic heterocycles. The summed E-state index contributed by atoms with van der Waals surface area (Å²) < 4.78 is 5.47. The molecule has 0 aliphatic carbocycles. The molecule has 1 unspecified atom stereocenters. The molecule has 1 aliphatic rings. The van der Waals surface area contributed by atoms with Crippen LogP contribution in [-0.4, -0.2) is 67.0 Å². The van der Waals surface area contributed by atoms with Crippen LogP contribution in [-0.2, 0) is 14.3 Å². The van der Waals surface area contributed by atoms with Crippen LogP contribution in [0.4, 0.5) is 5.69 Å². The number of benzene rings is 1. The number of carbonyl (C=O) groups excluding carboxylic acids is 2. The van der Waals surface area contributed by atoms with Gasteiger partial charge < -0.3 is 15.0 Å². The van der Waals surface area contributed by atoms with Crippen molar-refractivity contribution < 1.29 is 14.3 Å². The van der Waals surface area contributed by atoms with E-state index in [1.54, 1.807) is 23.1 Å². The lowest BCUT2D eigenvalue weighted by molar-refractivity contribution is -0.139. The first-order valence-electron chi connectivity index (χ1n) is 8.75. The number of anilines is 1. The van der Waals surface area contributed by atoms with Gasteiger partial charge in [0, 0.05) is 18.1 Å². The van der Waals surface area contributed by atoms with Crippen LogP contribution < -0.4 is 5.32 Å². The third-order valence-corrected chi connectivity index (χ3v) is 4.61. The van der Waals surface area contributed by atoms with E-state index < -0.39 is 0 Å². The highest BCUT2D eigenvalue weighted by Gasteiger charge is 2.23. The maximum absolute atomic E-state index is 12.5. The fraction of sp³-hybridized carbons (Fsp3) is 0.556. The lowest BCUT2D eigenvalue weighted by atomic mass is 10.2. The van der Waals surface area contributed by atoms with Crippen LogP contribution in [0.2, 0.25) is 10.0 Å². The number of nitrogens with one attached hydrogen (secondary N) is 1. The molecule has 144 valence electrons. The number of nitrogens with zero attached hydrogens (tertiary/aromatic N) is 2. The molecule has 1 N–H and O–H groups in total. The first kappa shape index (κ1) is 21.0. The molecule has 8 heteroatoms. The Balaban J connectivity index is 1.91. The SMILES string of the molecule is CCCN(CC(=O)Nc1ccc(Cl)cc1Cl)CC(=O)N1CCOC(C)C1. The largest absolute Gasteiger partial charge is 0.375 e. The zero-order valence-electron chi connectivity index (χ0n) is 15.1. The number of ether oxygens (including phenoxy) is 1. The number of morpholine rings is 1. The van der Waals surface area contributed by atoms with Gasteiger partial charge in [-0.15, -0.1) is 0 Å². The summed E-state index contributed by atoms with van der Waals surface area (Å²) in [7, 11) is 0. The Kier molecular flexibility index (Phi) is 8.15. The first-order valence-corrected chi connectivity index (χ1v) is 9.51. The lowest BCUT2D eigenvalue weighted by Crippen LogP contribution is -2.49. The average Bonchev–Trinajstić information content (AvgIpc) is 2.57. The number of halogens is 2. The highest BCUT2D eigenvalue weighted by Crippen LogP contribution is 2.25. The van der Waals surface area contributed by atoms with Gasteiger partial charge in [-0.3, -0.25) is 14.5 Å². The Morgan fingerprint density at radius 3 is 2.77 bits per heavy atom. The van der Waals surface area contributed by atoms with Gasteiger partial charge in [0.2, 0.25) is 11.8 Å². The molecule has 1 aromatic carbocycles. The molecule has 1 fully saturated rings. The fourth-order valence-corrected chi connectivity index (χ4v) is 3.31. The summed E-state index contributed by atoms with van der Waals surface area (Å²) in [5.74, 6) is -0.197. The van der Waals surface area contributed by atoms with Gasteiger partial charge in [-0.25, -0.2) is 0 Å². The Morgan fingerprint density at radius 2 is 2.12 bits per heavy atom. The molecule has 1 aromatic rings. The quantitative estimate of drug-likeness (QED) is 0.762. The number of hydrogen-bond donors (Lipinski definition) is 1.